The SMILES string of the molecule is NNC(=O)c1cc(C2CCCCC2)c2cccc(C3CCCCC3)c2n1. The van der Waals surface area contributed by atoms with Gasteiger partial charge < -0.3 is 0 Å². The Morgan fingerprint density at radius 2 is 1.54 bits per heavy atom. The van der Waals surface area contributed by atoms with Gasteiger partial charge in [-0.2, -0.15) is 0 Å². The summed E-state index contributed by atoms with van der Waals surface area (Å²) >= 11 is 0. The summed E-state index contributed by atoms with van der Waals surface area (Å²) in [6, 6.07) is 8.59. The Kier molecular flexibility index (Phi) is 5.21. The molecule has 4 heteroatoms. The largest absolute Gasteiger partial charge is 0.289 e. The van der Waals surface area contributed by atoms with E-state index in [1.54, 1.807) is 0 Å². The highest BCUT2D eigenvalue weighted by Gasteiger charge is 2.24. The molecule has 0 atom stereocenters. The molecule has 1 amide bonds. The molecule has 3 N–H and O–H groups in total. The van der Waals surface area contributed by atoms with Gasteiger partial charge in [-0.25, -0.2) is 10.8 Å². The van der Waals surface area contributed by atoms with Crippen LogP contribution in [-0.2, 0) is 0 Å². The summed E-state index contributed by atoms with van der Waals surface area (Å²) in [5.74, 6) is 6.22. The van der Waals surface area contributed by atoms with Crippen LogP contribution in [0.25, 0.3) is 10.9 Å². The third-order valence-corrected chi connectivity index (χ3v) is 6.36. The zero-order chi connectivity index (χ0) is 17.9. The van der Waals surface area contributed by atoms with Crippen LogP contribution >= 0.6 is 0 Å². The van der Waals surface area contributed by atoms with Crippen molar-refractivity contribution in [3.8, 4) is 0 Å². The number of hydrogen-bond acceptors (Lipinski definition) is 3. The van der Waals surface area contributed by atoms with Crippen LogP contribution in [0.4, 0.5) is 0 Å². The van der Waals surface area contributed by atoms with Crippen LogP contribution in [0.5, 0.6) is 0 Å². The lowest BCUT2D eigenvalue weighted by Gasteiger charge is -2.26. The number of rotatable bonds is 3. The minimum atomic E-state index is -0.289. The van der Waals surface area contributed by atoms with E-state index in [4.69, 9.17) is 10.8 Å². The van der Waals surface area contributed by atoms with Crippen molar-refractivity contribution in [2.45, 2.75) is 76.0 Å². The molecule has 26 heavy (non-hydrogen) atoms. The fraction of sp³-hybridized carbons (Fsp3) is 0.545. The molecule has 2 saturated carbocycles. The van der Waals surface area contributed by atoms with E-state index in [2.05, 4.69) is 23.6 Å². The van der Waals surface area contributed by atoms with E-state index in [1.165, 1.54) is 80.7 Å². The number of fused-ring (bicyclic) bond motifs is 1. The number of hydrogen-bond donors (Lipinski definition) is 2. The number of nitrogens with zero attached hydrogens (tertiary/aromatic N) is 1. The van der Waals surface area contributed by atoms with Crippen LogP contribution in [0.3, 0.4) is 0 Å². The van der Waals surface area contributed by atoms with Gasteiger partial charge in [0.15, 0.2) is 0 Å². The van der Waals surface area contributed by atoms with Crippen molar-refractivity contribution in [3.05, 3.63) is 41.1 Å². The average Bonchev–Trinajstić information content (AvgIpc) is 2.73. The highest BCUT2D eigenvalue weighted by atomic mass is 16.2. The monoisotopic (exact) mass is 351 g/mol. The Morgan fingerprint density at radius 3 is 2.15 bits per heavy atom. The molecular formula is C22H29N3O. The molecule has 0 radical (unpaired) electrons. The number of para-hydroxylation sites is 1. The third-order valence-electron chi connectivity index (χ3n) is 6.36. The fourth-order valence-corrected chi connectivity index (χ4v) is 4.98. The topological polar surface area (TPSA) is 68.0 Å². The van der Waals surface area contributed by atoms with Crippen molar-refractivity contribution in [3.63, 3.8) is 0 Å². The van der Waals surface area contributed by atoms with Crippen LogP contribution in [0.1, 0.15) is 97.7 Å². The third kappa shape index (κ3) is 3.35. The number of amides is 1. The standard InChI is InChI=1S/C22H29N3O/c23-25-22(26)20-14-19(16-10-5-2-6-11-16)18-13-7-12-17(21(18)24-20)15-8-3-1-4-9-15/h7,12-16H,1-6,8-11,23H2,(H,25,26). The van der Waals surface area contributed by atoms with Gasteiger partial charge in [0.1, 0.15) is 5.69 Å². The second-order valence-electron chi connectivity index (χ2n) is 7.98. The second kappa shape index (κ2) is 7.75. The molecule has 1 aromatic heterocycles. The minimum absolute atomic E-state index is 0.289. The molecule has 0 spiro atoms. The first-order valence-corrected chi connectivity index (χ1v) is 10.2. The average molecular weight is 351 g/mol. The van der Waals surface area contributed by atoms with E-state index in [1.807, 2.05) is 6.07 Å². The maximum atomic E-state index is 12.3. The van der Waals surface area contributed by atoms with Crippen LogP contribution < -0.4 is 11.3 Å². The van der Waals surface area contributed by atoms with Crippen molar-refractivity contribution in [1.82, 2.24) is 10.4 Å². The maximum absolute atomic E-state index is 12.3. The molecule has 2 aliphatic carbocycles. The Bertz CT molecular complexity index is 789. The number of carbonyl (C=O) groups excluding carboxylic acids is 1. The van der Waals surface area contributed by atoms with Gasteiger partial charge in [-0.15, -0.1) is 0 Å². The molecule has 4 nitrogen and oxygen atoms in total. The molecule has 2 aromatic rings. The Balaban J connectivity index is 1.87. The van der Waals surface area contributed by atoms with Crippen LogP contribution in [0, 0.1) is 0 Å². The Morgan fingerprint density at radius 1 is 0.923 bits per heavy atom. The molecule has 0 bridgehead atoms. The molecule has 2 fully saturated rings. The number of benzene rings is 1. The lowest BCUT2D eigenvalue weighted by molar-refractivity contribution is 0.0949. The molecule has 0 unspecified atom stereocenters. The molecule has 138 valence electrons. The van der Waals surface area contributed by atoms with Crippen LogP contribution in [-0.4, -0.2) is 10.9 Å². The van der Waals surface area contributed by atoms with Crippen molar-refractivity contribution < 1.29 is 4.79 Å². The first-order valence-electron chi connectivity index (χ1n) is 10.2. The van der Waals surface area contributed by atoms with Gasteiger partial charge in [-0.3, -0.25) is 10.2 Å². The van der Waals surface area contributed by atoms with Crippen molar-refractivity contribution in [2.24, 2.45) is 5.84 Å². The van der Waals surface area contributed by atoms with Gasteiger partial charge >= 0.3 is 0 Å². The summed E-state index contributed by atoms with van der Waals surface area (Å²) < 4.78 is 0. The predicted molar refractivity (Wildman–Crippen MR) is 105 cm³/mol. The first kappa shape index (κ1) is 17.5. The number of nitrogens with one attached hydrogen (secondary N) is 1. The zero-order valence-electron chi connectivity index (χ0n) is 15.5. The number of nitrogen functional groups attached to an aromatic ring is 1. The van der Waals surface area contributed by atoms with Crippen LogP contribution in [0.2, 0.25) is 0 Å². The van der Waals surface area contributed by atoms with Crippen molar-refractivity contribution >= 4 is 16.8 Å². The van der Waals surface area contributed by atoms with Gasteiger partial charge in [0.2, 0.25) is 0 Å². The molecule has 0 saturated heterocycles. The summed E-state index contributed by atoms with van der Waals surface area (Å²) in [5.41, 5.74) is 6.39. The van der Waals surface area contributed by atoms with Crippen molar-refractivity contribution in [1.29, 1.82) is 0 Å². The lowest BCUT2D eigenvalue weighted by atomic mass is 9.80. The zero-order valence-corrected chi connectivity index (χ0v) is 15.5. The van der Waals surface area contributed by atoms with E-state index in [9.17, 15) is 4.79 Å². The summed E-state index contributed by atoms with van der Waals surface area (Å²) in [6.07, 6.45) is 12.7. The van der Waals surface area contributed by atoms with E-state index in [0.717, 1.165) is 5.52 Å². The number of nitrogens with two attached hydrogens (primary N) is 1. The van der Waals surface area contributed by atoms with Gasteiger partial charge in [-0.05, 0) is 54.7 Å². The highest BCUT2D eigenvalue weighted by Crippen LogP contribution is 2.40. The molecule has 1 heterocycles. The smallest absolute Gasteiger partial charge is 0.283 e. The summed E-state index contributed by atoms with van der Waals surface area (Å²) in [6.45, 7) is 0. The number of pyridine rings is 1. The van der Waals surface area contributed by atoms with Gasteiger partial charge in [0.05, 0.1) is 5.52 Å². The Labute approximate surface area is 155 Å². The predicted octanol–water partition coefficient (Wildman–Crippen LogP) is 4.93. The molecule has 4 rings (SSSR count). The number of aromatic nitrogens is 1. The van der Waals surface area contributed by atoms with Gasteiger partial charge in [0.25, 0.3) is 5.91 Å². The number of carbonyl (C=O) groups is 1. The van der Waals surface area contributed by atoms with Gasteiger partial charge in [0, 0.05) is 5.39 Å². The fourth-order valence-electron chi connectivity index (χ4n) is 4.98. The minimum Gasteiger partial charge on any atom is -0.289 e. The van der Waals surface area contributed by atoms with E-state index < -0.39 is 0 Å². The maximum Gasteiger partial charge on any atom is 0.283 e. The highest BCUT2D eigenvalue weighted by molar-refractivity contribution is 5.96. The quantitative estimate of drug-likeness (QED) is 0.468. The normalized spacial score (nSPS) is 19.6. The lowest BCUT2D eigenvalue weighted by Crippen LogP contribution is -2.31. The summed E-state index contributed by atoms with van der Waals surface area (Å²) in [7, 11) is 0. The second-order valence-corrected chi connectivity index (χ2v) is 7.98. The van der Waals surface area contributed by atoms with E-state index in [-0.39, 0.29) is 5.91 Å². The summed E-state index contributed by atoms with van der Waals surface area (Å²) in [5, 5.41) is 1.24. The van der Waals surface area contributed by atoms with Crippen molar-refractivity contribution in [2.75, 3.05) is 0 Å². The Hall–Kier alpha value is -1.94. The first-order chi connectivity index (χ1) is 12.8. The number of hydrazine groups is 1. The van der Waals surface area contributed by atoms with Gasteiger partial charge in [-0.1, -0.05) is 56.7 Å². The molecule has 1 aromatic carbocycles. The molecule has 2 aliphatic rings. The summed E-state index contributed by atoms with van der Waals surface area (Å²) in [4.78, 5) is 17.1. The van der Waals surface area contributed by atoms with E-state index in [0.29, 0.717) is 17.5 Å². The van der Waals surface area contributed by atoms with E-state index >= 15 is 0 Å². The van der Waals surface area contributed by atoms with Crippen LogP contribution in [0.15, 0.2) is 24.3 Å². The molecular weight excluding hydrogens is 322 g/mol. The molecule has 0 aliphatic heterocycles.